The van der Waals surface area contributed by atoms with Gasteiger partial charge in [0, 0.05) is 31.1 Å². The number of carbonyl (C=O) groups excluding carboxylic acids is 1. The van der Waals surface area contributed by atoms with Crippen molar-refractivity contribution >= 4 is 5.91 Å². The van der Waals surface area contributed by atoms with E-state index in [4.69, 9.17) is 0 Å². The Morgan fingerprint density at radius 3 is 2.69 bits per heavy atom. The number of benzene rings is 1. The van der Waals surface area contributed by atoms with E-state index in [-0.39, 0.29) is 11.5 Å². The second kappa shape index (κ2) is 4.57. The molecule has 1 aliphatic heterocycles. The molecule has 1 saturated heterocycles. The Morgan fingerprint density at radius 2 is 2.12 bits per heavy atom. The molecule has 0 aliphatic carbocycles. The first-order chi connectivity index (χ1) is 7.66. The molecular formula is C11H12F2N2O. The van der Waals surface area contributed by atoms with Crippen molar-refractivity contribution in [2.45, 2.75) is 0 Å². The standard InChI is InChI=1S/C11H12F2N2O/c12-9-2-1-8(3-10(9)13)11(16)15-6-7-4-14-5-7/h1-3,7,14H,4-6H2,(H,15,16). The van der Waals surface area contributed by atoms with Crippen LogP contribution in [0.4, 0.5) is 8.78 Å². The lowest BCUT2D eigenvalue weighted by atomic mass is 10.0. The van der Waals surface area contributed by atoms with Gasteiger partial charge in [-0.3, -0.25) is 4.79 Å². The summed E-state index contributed by atoms with van der Waals surface area (Å²) in [7, 11) is 0. The van der Waals surface area contributed by atoms with Crippen LogP contribution >= 0.6 is 0 Å². The predicted octanol–water partition coefficient (Wildman–Crippen LogP) is 0.914. The van der Waals surface area contributed by atoms with E-state index in [9.17, 15) is 13.6 Å². The molecule has 0 bridgehead atoms. The van der Waals surface area contributed by atoms with Crippen molar-refractivity contribution < 1.29 is 13.6 Å². The highest BCUT2D eigenvalue weighted by atomic mass is 19.2. The lowest BCUT2D eigenvalue weighted by Crippen LogP contribution is -2.48. The molecule has 16 heavy (non-hydrogen) atoms. The average molecular weight is 226 g/mol. The summed E-state index contributed by atoms with van der Waals surface area (Å²) in [4.78, 5) is 11.5. The fourth-order valence-electron chi connectivity index (χ4n) is 1.47. The van der Waals surface area contributed by atoms with Crippen LogP contribution in [0.5, 0.6) is 0 Å². The number of carbonyl (C=O) groups is 1. The lowest BCUT2D eigenvalue weighted by Gasteiger charge is -2.27. The molecule has 0 spiro atoms. The van der Waals surface area contributed by atoms with Gasteiger partial charge in [0.2, 0.25) is 0 Å². The van der Waals surface area contributed by atoms with Crippen LogP contribution in [0.3, 0.4) is 0 Å². The predicted molar refractivity (Wildman–Crippen MR) is 55.1 cm³/mol. The SMILES string of the molecule is O=C(NCC1CNC1)c1ccc(F)c(F)c1. The molecule has 1 amide bonds. The van der Waals surface area contributed by atoms with Crippen LogP contribution < -0.4 is 10.6 Å². The second-order valence-electron chi connectivity index (χ2n) is 3.86. The van der Waals surface area contributed by atoms with E-state index in [1.54, 1.807) is 0 Å². The first-order valence-electron chi connectivity index (χ1n) is 5.11. The number of hydrogen-bond acceptors (Lipinski definition) is 2. The summed E-state index contributed by atoms with van der Waals surface area (Å²) in [6.07, 6.45) is 0. The van der Waals surface area contributed by atoms with E-state index in [1.807, 2.05) is 0 Å². The third-order valence-corrected chi connectivity index (χ3v) is 2.60. The van der Waals surface area contributed by atoms with E-state index in [2.05, 4.69) is 10.6 Å². The Hall–Kier alpha value is -1.49. The van der Waals surface area contributed by atoms with Gasteiger partial charge in [0.1, 0.15) is 0 Å². The smallest absolute Gasteiger partial charge is 0.251 e. The van der Waals surface area contributed by atoms with Crippen molar-refractivity contribution in [1.82, 2.24) is 10.6 Å². The zero-order chi connectivity index (χ0) is 11.5. The summed E-state index contributed by atoms with van der Waals surface area (Å²) < 4.78 is 25.5. The molecule has 2 rings (SSSR count). The van der Waals surface area contributed by atoms with Crippen LogP contribution in [-0.4, -0.2) is 25.5 Å². The van der Waals surface area contributed by atoms with Gasteiger partial charge in [-0.15, -0.1) is 0 Å². The Balaban J connectivity index is 1.94. The van der Waals surface area contributed by atoms with Crippen molar-refractivity contribution in [2.75, 3.05) is 19.6 Å². The van der Waals surface area contributed by atoms with Crippen LogP contribution in [0.2, 0.25) is 0 Å². The largest absolute Gasteiger partial charge is 0.352 e. The van der Waals surface area contributed by atoms with Gasteiger partial charge < -0.3 is 10.6 Å². The van der Waals surface area contributed by atoms with Crippen molar-refractivity contribution in [2.24, 2.45) is 5.92 Å². The number of nitrogens with one attached hydrogen (secondary N) is 2. The Labute approximate surface area is 91.8 Å². The van der Waals surface area contributed by atoms with E-state index < -0.39 is 11.6 Å². The normalized spacial score (nSPS) is 15.6. The maximum atomic E-state index is 12.9. The van der Waals surface area contributed by atoms with Crippen molar-refractivity contribution in [1.29, 1.82) is 0 Å². The number of rotatable bonds is 3. The van der Waals surface area contributed by atoms with Gasteiger partial charge in [-0.2, -0.15) is 0 Å². The molecule has 0 aromatic heterocycles. The van der Waals surface area contributed by atoms with Crippen molar-refractivity contribution in [3.8, 4) is 0 Å². The molecule has 1 heterocycles. The molecule has 1 aliphatic rings. The lowest BCUT2D eigenvalue weighted by molar-refractivity contribution is 0.0941. The fraction of sp³-hybridized carbons (Fsp3) is 0.364. The summed E-state index contributed by atoms with van der Waals surface area (Å²) in [5.41, 5.74) is 0.145. The number of amides is 1. The topological polar surface area (TPSA) is 41.1 Å². The quantitative estimate of drug-likeness (QED) is 0.804. The minimum absolute atomic E-state index is 0.145. The Bertz CT molecular complexity index is 405. The van der Waals surface area contributed by atoms with Crippen LogP contribution in [0.1, 0.15) is 10.4 Å². The monoisotopic (exact) mass is 226 g/mol. The maximum absolute atomic E-state index is 12.9. The van der Waals surface area contributed by atoms with Crippen molar-refractivity contribution in [3.05, 3.63) is 35.4 Å². The minimum Gasteiger partial charge on any atom is -0.352 e. The molecule has 1 aromatic carbocycles. The molecule has 5 heteroatoms. The summed E-state index contributed by atoms with van der Waals surface area (Å²) in [5, 5.41) is 5.76. The molecule has 0 atom stereocenters. The first-order valence-corrected chi connectivity index (χ1v) is 5.11. The molecule has 2 N–H and O–H groups in total. The molecule has 0 saturated carbocycles. The van der Waals surface area contributed by atoms with Crippen LogP contribution in [0.15, 0.2) is 18.2 Å². The maximum Gasteiger partial charge on any atom is 0.251 e. The van der Waals surface area contributed by atoms with Gasteiger partial charge in [-0.1, -0.05) is 0 Å². The summed E-state index contributed by atoms with van der Waals surface area (Å²) >= 11 is 0. The van der Waals surface area contributed by atoms with Crippen LogP contribution in [0.25, 0.3) is 0 Å². The van der Waals surface area contributed by atoms with E-state index in [0.717, 1.165) is 25.2 Å². The molecule has 0 radical (unpaired) electrons. The molecular weight excluding hydrogens is 214 g/mol. The fourth-order valence-corrected chi connectivity index (χ4v) is 1.47. The highest BCUT2D eigenvalue weighted by Crippen LogP contribution is 2.09. The van der Waals surface area contributed by atoms with E-state index >= 15 is 0 Å². The molecule has 0 unspecified atom stereocenters. The number of halogens is 2. The van der Waals surface area contributed by atoms with Gasteiger partial charge in [0.05, 0.1) is 0 Å². The van der Waals surface area contributed by atoms with Crippen molar-refractivity contribution in [3.63, 3.8) is 0 Å². The zero-order valence-corrected chi connectivity index (χ0v) is 8.59. The van der Waals surface area contributed by atoms with Crippen LogP contribution in [-0.2, 0) is 0 Å². The number of hydrogen-bond donors (Lipinski definition) is 2. The second-order valence-corrected chi connectivity index (χ2v) is 3.86. The van der Waals surface area contributed by atoms with Gasteiger partial charge in [-0.05, 0) is 18.2 Å². The third kappa shape index (κ3) is 2.36. The summed E-state index contributed by atoms with van der Waals surface area (Å²) in [5.74, 6) is -1.88. The average Bonchev–Trinajstić information content (AvgIpc) is 2.19. The highest BCUT2D eigenvalue weighted by molar-refractivity contribution is 5.94. The third-order valence-electron chi connectivity index (χ3n) is 2.60. The summed E-state index contributed by atoms with van der Waals surface area (Å²) in [6.45, 7) is 2.33. The zero-order valence-electron chi connectivity index (χ0n) is 8.59. The van der Waals surface area contributed by atoms with Gasteiger partial charge in [0.15, 0.2) is 11.6 Å². The molecule has 86 valence electrons. The molecule has 1 fully saturated rings. The van der Waals surface area contributed by atoms with Gasteiger partial charge in [-0.25, -0.2) is 8.78 Å². The Kier molecular flexibility index (Phi) is 3.14. The van der Waals surface area contributed by atoms with Crippen LogP contribution in [0, 0.1) is 17.6 Å². The molecule has 3 nitrogen and oxygen atoms in total. The van der Waals surface area contributed by atoms with Gasteiger partial charge >= 0.3 is 0 Å². The van der Waals surface area contributed by atoms with E-state index in [1.165, 1.54) is 6.07 Å². The summed E-state index contributed by atoms with van der Waals surface area (Å²) in [6, 6.07) is 3.13. The first kappa shape index (κ1) is 11.0. The Morgan fingerprint density at radius 1 is 1.38 bits per heavy atom. The van der Waals surface area contributed by atoms with E-state index in [0.29, 0.717) is 12.5 Å². The van der Waals surface area contributed by atoms with Gasteiger partial charge in [0.25, 0.3) is 5.91 Å². The highest BCUT2D eigenvalue weighted by Gasteiger charge is 2.17. The molecule has 1 aromatic rings. The minimum atomic E-state index is -1.00.